The molecule has 0 saturated heterocycles. The molecule has 22 heavy (non-hydrogen) atoms. The summed E-state index contributed by atoms with van der Waals surface area (Å²) in [6.07, 6.45) is 7.47. The second-order valence-electron chi connectivity index (χ2n) is 5.23. The molecule has 1 aliphatic rings. The van der Waals surface area contributed by atoms with E-state index in [1.165, 1.54) is 37.5 Å². The number of hydrogen-bond donors (Lipinski definition) is 2. The van der Waals surface area contributed by atoms with Crippen LogP contribution in [0.25, 0.3) is 0 Å². The van der Waals surface area contributed by atoms with Crippen LogP contribution in [0.1, 0.15) is 32.1 Å². The fourth-order valence-electron chi connectivity index (χ4n) is 2.35. The Morgan fingerprint density at radius 3 is 2.32 bits per heavy atom. The summed E-state index contributed by atoms with van der Waals surface area (Å²) in [6.45, 7) is 0. The Morgan fingerprint density at radius 1 is 1.05 bits per heavy atom. The quantitative estimate of drug-likeness (QED) is 0.500. The van der Waals surface area contributed by atoms with E-state index in [1.807, 2.05) is 0 Å². The van der Waals surface area contributed by atoms with Gasteiger partial charge in [0, 0.05) is 21.9 Å². The number of carbonyl (C=O) groups is 2. The van der Waals surface area contributed by atoms with Crippen molar-refractivity contribution in [3.63, 3.8) is 0 Å². The van der Waals surface area contributed by atoms with Gasteiger partial charge in [0.2, 0.25) is 0 Å². The minimum atomic E-state index is -0.830. The van der Waals surface area contributed by atoms with Crippen LogP contribution in [-0.2, 0) is 9.59 Å². The lowest BCUT2D eigenvalue weighted by atomic mass is 9.90. The van der Waals surface area contributed by atoms with E-state index in [-0.39, 0.29) is 0 Å². The summed E-state index contributed by atoms with van der Waals surface area (Å²) < 4.78 is 0. The van der Waals surface area contributed by atoms with Crippen LogP contribution >= 0.6 is 23.2 Å². The number of nitrogens with zero attached hydrogens (tertiary/aromatic N) is 1. The largest absolute Gasteiger partial charge is 0.329 e. The SMILES string of the molecule is O=C(NN=CC1CCCCC1)C(=O)Nc1cc(Cl)cc(Cl)c1. The molecule has 0 heterocycles. The van der Waals surface area contributed by atoms with Crippen LogP contribution < -0.4 is 10.7 Å². The zero-order chi connectivity index (χ0) is 15.9. The van der Waals surface area contributed by atoms with Crippen LogP contribution in [0.2, 0.25) is 10.0 Å². The number of hydrogen-bond acceptors (Lipinski definition) is 3. The molecule has 2 rings (SSSR count). The van der Waals surface area contributed by atoms with Gasteiger partial charge in [-0.05, 0) is 37.0 Å². The van der Waals surface area contributed by atoms with E-state index in [4.69, 9.17) is 23.2 Å². The van der Waals surface area contributed by atoms with Gasteiger partial charge in [0.1, 0.15) is 0 Å². The van der Waals surface area contributed by atoms with E-state index >= 15 is 0 Å². The minimum absolute atomic E-state index is 0.355. The Hall–Kier alpha value is -1.59. The van der Waals surface area contributed by atoms with Gasteiger partial charge in [0.05, 0.1) is 0 Å². The second kappa shape index (κ2) is 8.15. The predicted octanol–water partition coefficient (Wildman–Crippen LogP) is 3.61. The summed E-state index contributed by atoms with van der Waals surface area (Å²) in [5.41, 5.74) is 2.59. The lowest BCUT2D eigenvalue weighted by Gasteiger charge is -2.16. The number of carbonyl (C=O) groups excluding carboxylic acids is 2. The van der Waals surface area contributed by atoms with Crippen molar-refractivity contribution in [1.82, 2.24) is 5.43 Å². The number of amides is 2. The molecule has 0 aliphatic heterocycles. The summed E-state index contributed by atoms with van der Waals surface area (Å²) in [5.74, 6) is -1.27. The molecule has 1 aliphatic carbocycles. The van der Waals surface area contributed by atoms with Crippen molar-refractivity contribution in [2.24, 2.45) is 11.0 Å². The lowest BCUT2D eigenvalue weighted by molar-refractivity contribution is -0.136. The fourth-order valence-corrected chi connectivity index (χ4v) is 2.88. The fraction of sp³-hybridized carbons (Fsp3) is 0.400. The van der Waals surface area contributed by atoms with Crippen LogP contribution in [0.3, 0.4) is 0 Å². The van der Waals surface area contributed by atoms with Gasteiger partial charge in [0.25, 0.3) is 0 Å². The normalized spacial score (nSPS) is 15.7. The molecule has 1 saturated carbocycles. The number of anilines is 1. The second-order valence-corrected chi connectivity index (χ2v) is 6.10. The molecule has 0 radical (unpaired) electrons. The minimum Gasteiger partial charge on any atom is -0.318 e. The molecule has 2 N–H and O–H groups in total. The van der Waals surface area contributed by atoms with E-state index in [9.17, 15) is 9.59 Å². The van der Waals surface area contributed by atoms with E-state index < -0.39 is 11.8 Å². The standard InChI is InChI=1S/C15H17Cl2N3O2/c16-11-6-12(17)8-13(7-11)19-14(21)15(22)20-18-9-10-4-2-1-3-5-10/h6-10H,1-5H2,(H,19,21)(H,20,22). The van der Waals surface area contributed by atoms with Crippen molar-refractivity contribution >= 4 is 46.9 Å². The summed E-state index contributed by atoms with van der Waals surface area (Å²) in [6, 6.07) is 4.54. The first kappa shape index (κ1) is 16.8. The van der Waals surface area contributed by atoms with Gasteiger partial charge in [-0.15, -0.1) is 0 Å². The first-order valence-electron chi connectivity index (χ1n) is 7.15. The maximum absolute atomic E-state index is 11.7. The van der Waals surface area contributed by atoms with Gasteiger partial charge < -0.3 is 5.32 Å². The Bertz CT molecular complexity index is 564. The molecule has 1 aromatic carbocycles. The highest BCUT2D eigenvalue weighted by Gasteiger charge is 2.14. The average Bonchev–Trinajstić information content (AvgIpc) is 2.47. The zero-order valence-electron chi connectivity index (χ0n) is 11.9. The monoisotopic (exact) mass is 341 g/mol. The van der Waals surface area contributed by atoms with Gasteiger partial charge in [-0.25, -0.2) is 5.43 Å². The Kier molecular flexibility index (Phi) is 6.21. The maximum Gasteiger partial charge on any atom is 0.329 e. The van der Waals surface area contributed by atoms with Crippen molar-refractivity contribution in [1.29, 1.82) is 0 Å². The number of rotatable bonds is 3. The van der Waals surface area contributed by atoms with E-state index in [1.54, 1.807) is 6.21 Å². The summed E-state index contributed by atoms with van der Waals surface area (Å²) in [5, 5.41) is 7.02. The average molecular weight is 342 g/mol. The Labute approximate surface area is 139 Å². The van der Waals surface area contributed by atoms with Gasteiger partial charge in [-0.2, -0.15) is 5.10 Å². The molecule has 0 atom stereocenters. The van der Waals surface area contributed by atoms with Crippen LogP contribution in [0.5, 0.6) is 0 Å². The van der Waals surface area contributed by atoms with Crippen molar-refractivity contribution in [2.75, 3.05) is 5.32 Å². The van der Waals surface area contributed by atoms with Crippen molar-refractivity contribution < 1.29 is 9.59 Å². The number of hydrazone groups is 1. The Morgan fingerprint density at radius 2 is 1.68 bits per heavy atom. The number of benzene rings is 1. The van der Waals surface area contributed by atoms with Crippen LogP contribution in [0, 0.1) is 5.92 Å². The van der Waals surface area contributed by atoms with Crippen LogP contribution in [0.4, 0.5) is 5.69 Å². The van der Waals surface area contributed by atoms with Crippen molar-refractivity contribution in [3.8, 4) is 0 Å². The third-order valence-electron chi connectivity index (χ3n) is 3.43. The van der Waals surface area contributed by atoms with Crippen LogP contribution in [0.15, 0.2) is 23.3 Å². The molecular formula is C15H17Cl2N3O2. The molecule has 1 fully saturated rings. The first-order valence-corrected chi connectivity index (χ1v) is 7.91. The van der Waals surface area contributed by atoms with Gasteiger partial charge in [-0.3, -0.25) is 9.59 Å². The third kappa shape index (κ3) is 5.31. The topological polar surface area (TPSA) is 70.6 Å². The Balaban J connectivity index is 1.83. The van der Waals surface area contributed by atoms with Gasteiger partial charge in [-0.1, -0.05) is 42.5 Å². The van der Waals surface area contributed by atoms with Crippen molar-refractivity contribution in [2.45, 2.75) is 32.1 Å². The van der Waals surface area contributed by atoms with Crippen LogP contribution in [-0.4, -0.2) is 18.0 Å². The maximum atomic E-state index is 11.7. The highest BCUT2D eigenvalue weighted by Crippen LogP contribution is 2.22. The van der Waals surface area contributed by atoms with E-state index in [2.05, 4.69) is 15.8 Å². The molecule has 1 aromatic rings. The highest BCUT2D eigenvalue weighted by molar-refractivity contribution is 6.40. The van der Waals surface area contributed by atoms with Gasteiger partial charge in [0.15, 0.2) is 0 Å². The predicted molar refractivity (Wildman–Crippen MR) is 88.3 cm³/mol. The molecular weight excluding hydrogens is 325 g/mol. The number of nitrogens with one attached hydrogen (secondary N) is 2. The summed E-state index contributed by atoms with van der Waals surface area (Å²) >= 11 is 11.6. The highest BCUT2D eigenvalue weighted by atomic mass is 35.5. The molecule has 118 valence electrons. The van der Waals surface area contributed by atoms with Gasteiger partial charge >= 0.3 is 11.8 Å². The number of halogens is 2. The summed E-state index contributed by atoms with van der Waals surface area (Å²) in [7, 11) is 0. The van der Waals surface area contributed by atoms with E-state index in [0.29, 0.717) is 21.7 Å². The molecule has 0 unspecified atom stereocenters. The molecule has 7 heteroatoms. The van der Waals surface area contributed by atoms with Crippen molar-refractivity contribution in [3.05, 3.63) is 28.2 Å². The first-order chi connectivity index (χ1) is 10.5. The third-order valence-corrected chi connectivity index (χ3v) is 3.86. The lowest BCUT2D eigenvalue weighted by Crippen LogP contribution is -2.32. The smallest absolute Gasteiger partial charge is 0.318 e. The molecule has 0 spiro atoms. The molecule has 0 bridgehead atoms. The molecule has 0 aromatic heterocycles. The molecule has 2 amide bonds. The zero-order valence-corrected chi connectivity index (χ0v) is 13.5. The van der Waals surface area contributed by atoms with E-state index in [0.717, 1.165) is 12.8 Å². The summed E-state index contributed by atoms with van der Waals surface area (Å²) in [4.78, 5) is 23.4. The molecule has 5 nitrogen and oxygen atoms in total.